The molecular formula is C11H20N4O2. The van der Waals surface area contributed by atoms with Crippen LogP contribution in [-0.4, -0.2) is 46.7 Å². The highest BCUT2D eigenvalue weighted by Gasteiger charge is 2.41. The average Bonchev–Trinajstić information content (AvgIpc) is 2.69. The summed E-state index contributed by atoms with van der Waals surface area (Å²) in [5, 5.41) is 7.61. The van der Waals surface area contributed by atoms with Crippen LogP contribution in [0.1, 0.15) is 19.2 Å². The molecule has 0 radical (unpaired) electrons. The van der Waals surface area contributed by atoms with Crippen LogP contribution in [0.2, 0.25) is 0 Å². The molecule has 1 aromatic heterocycles. The van der Waals surface area contributed by atoms with Gasteiger partial charge in [-0.25, -0.2) is 4.98 Å². The molecule has 1 fully saturated rings. The minimum Gasteiger partial charge on any atom is -0.377 e. The van der Waals surface area contributed by atoms with Crippen molar-refractivity contribution in [1.82, 2.24) is 20.1 Å². The van der Waals surface area contributed by atoms with Gasteiger partial charge in [0.2, 0.25) is 0 Å². The van der Waals surface area contributed by atoms with Gasteiger partial charge >= 0.3 is 0 Å². The van der Waals surface area contributed by atoms with Gasteiger partial charge in [0, 0.05) is 26.8 Å². The lowest BCUT2D eigenvalue weighted by Gasteiger charge is -2.43. The van der Waals surface area contributed by atoms with Crippen LogP contribution in [0, 0.1) is 0 Å². The topological polar surface area (TPSA) is 61.2 Å². The smallest absolute Gasteiger partial charge is 0.164 e. The van der Waals surface area contributed by atoms with Gasteiger partial charge in [0.05, 0.1) is 18.8 Å². The predicted molar refractivity (Wildman–Crippen MR) is 62.5 cm³/mol. The summed E-state index contributed by atoms with van der Waals surface area (Å²) in [4.78, 5) is 4.17. The summed E-state index contributed by atoms with van der Waals surface area (Å²) >= 11 is 0. The number of rotatable bonds is 6. The summed E-state index contributed by atoms with van der Waals surface area (Å²) in [5.74, 6) is 0.808. The largest absolute Gasteiger partial charge is 0.377 e. The van der Waals surface area contributed by atoms with Gasteiger partial charge in [0.15, 0.2) is 5.82 Å². The summed E-state index contributed by atoms with van der Waals surface area (Å²) in [6, 6.07) is 0.334. The molecule has 3 atom stereocenters. The van der Waals surface area contributed by atoms with Gasteiger partial charge < -0.3 is 14.8 Å². The molecule has 0 amide bonds. The first-order valence-corrected chi connectivity index (χ1v) is 5.97. The van der Waals surface area contributed by atoms with E-state index in [1.807, 2.05) is 14.0 Å². The number of hydrogen-bond donors (Lipinski definition) is 1. The minimum absolute atomic E-state index is 0.138. The molecule has 0 bridgehead atoms. The van der Waals surface area contributed by atoms with Crippen molar-refractivity contribution in [2.24, 2.45) is 7.05 Å². The van der Waals surface area contributed by atoms with Crippen LogP contribution in [0.15, 0.2) is 6.33 Å². The fourth-order valence-corrected chi connectivity index (χ4v) is 2.16. The molecule has 6 heteroatoms. The number of nitrogens with zero attached hydrogens (tertiary/aromatic N) is 3. The van der Waals surface area contributed by atoms with Crippen molar-refractivity contribution in [2.75, 3.05) is 13.7 Å². The van der Waals surface area contributed by atoms with E-state index in [1.165, 1.54) is 0 Å². The zero-order valence-corrected chi connectivity index (χ0v) is 10.6. The monoisotopic (exact) mass is 240 g/mol. The van der Waals surface area contributed by atoms with E-state index in [4.69, 9.17) is 9.47 Å². The van der Waals surface area contributed by atoms with Crippen molar-refractivity contribution < 1.29 is 9.47 Å². The third-order valence-corrected chi connectivity index (χ3v) is 3.07. The normalized spacial score (nSPS) is 28.1. The highest BCUT2D eigenvalue weighted by molar-refractivity contribution is 4.98. The maximum absolute atomic E-state index is 5.57. The van der Waals surface area contributed by atoms with Crippen LogP contribution in [0.4, 0.5) is 0 Å². The molecule has 1 aliphatic carbocycles. The first-order chi connectivity index (χ1) is 8.24. The zero-order valence-electron chi connectivity index (χ0n) is 10.6. The molecule has 1 N–H and O–H groups in total. The first kappa shape index (κ1) is 12.5. The van der Waals surface area contributed by atoms with Crippen molar-refractivity contribution in [1.29, 1.82) is 0 Å². The molecule has 2 rings (SSSR count). The van der Waals surface area contributed by atoms with Gasteiger partial charge in [0.25, 0.3) is 0 Å². The van der Waals surface area contributed by atoms with Gasteiger partial charge in [0.1, 0.15) is 6.33 Å². The number of nitrogens with one attached hydrogen (secondary N) is 1. The summed E-state index contributed by atoms with van der Waals surface area (Å²) in [5.41, 5.74) is 0. The SMILES string of the molecule is CCOC1CC(NCc2ncn(C)n2)C1OC. The Bertz CT molecular complexity index is 355. The van der Waals surface area contributed by atoms with E-state index < -0.39 is 0 Å². The van der Waals surface area contributed by atoms with Crippen LogP contribution in [0.5, 0.6) is 0 Å². The summed E-state index contributed by atoms with van der Waals surface area (Å²) < 4.78 is 12.7. The number of aryl methyl sites for hydroxylation is 1. The molecule has 1 saturated carbocycles. The van der Waals surface area contributed by atoms with Crippen molar-refractivity contribution in [3.63, 3.8) is 0 Å². The Hall–Kier alpha value is -0.980. The van der Waals surface area contributed by atoms with Crippen LogP contribution in [0.25, 0.3) is 0 Å². The lowest BCUT2D eigenvalue weighted by molar-refractivity contribution is -0.131. The van der Waals surface area contributed by atoms with Crippen molar-refractivity contribution in [3.8, 4) is 0 Å². The Morgan fingerprint density at radius 2 is 2.41 bits per heavy atom. The number of hydrogen-bond acceptors (Lipinski definition) is 5. The van der Waals surface area contributed by atoms with Gasteiger partial charge in [-0.1, -0.05) is 0 Å². The lowest BCUT2D eigenvalue weighted by Crippen LogP contribution is -2.59. The molecule has 96 valence electrons. The molecule has 0 spiro atoms. The fourth-order valence-electron chi connectivity index (χ4n) is 2.16. The van der Waals surface area contributed by atoms with Crippen LogP contribution < -0.4 is 5.32 Å². The van der Waals surface area contributed by atoms with Gasteiger partial charge in [-0.15, -0.1) is 0 Å². The number of ether oxygens (including phenoxy) is 2. The Labute approximate surface area is 101 Å². The molecule has 1 aromatic rings. The van der Waals surface area contributed by atoms with E-state index in [2.05, 4.69) is 15.4 Å². The Morgan fingerprint density at radius 3 is 3.00 bits per heavy atom. The molecule has 0 aromatic carbocycles. The Kier molecular flexibility index (Phi) is 4.09. The van der Waals surface area contributed by atoms with E-state index in [0.29, 0.717) is 12.6 Å². The second kappa shape index (κ2) is 5.57. The van der Waals surface area contributed by atoms with E-state index in [9.17, 15) is 0 Å². The molecule has 1 aliphatic rings. The number of methoxy groups -OCH3 is 1. The highest BCUT2D eigenvalue weighted by Crippen LogP contribution is 2.26. The minimum atomic E-state index is 0.138. The molecule has 6 nitrogen and oxygen atoms in total. The van der Waals surface area contributed by atoms with Crippen LogP contribution >= 0.6 is 0 Å². The van der Waals surface area contributed by atoms with Crippen LogP contribution in [-0.2, 0) is 23.1 Å². The molecular weight excluding hydrogens is 220 g/mol. The lowest BCUT2D eigenvalue weighted by atomic mass is 9.85. The predicted octanol–water partition coefficient (Wildman–Crippen LogP) is 0.0971. The van der Waals surface area contributed by atoms with Crippen molar-refractivity contribution in [2.45, 2.75) is 38.1 Å². The quantitative estimate of drug-likeness (QED) is 0.764. The first-order valence-electron chi connectivity index (χ1n) is 5.97. The standard InChI is InChI=1S/C11H20N4O2/c1-4-17-9-5-8(11(9)16-3)12-6-10-13-7-15(2)14-10/h7-9,11-12H,4-6H2,1-3H3. The van der Waals surface area contributed by atoms with Crippen molar-refractivity contribution >= 4 is 0 Å². The Morgan fingerprint density at radius 1 is 1.59 bits per heavy atom. The maximum atomic E-state index is 5.57. The summed E-state index contributed by atoms with van der Waals surface area (Å²) in [6.45, 7) is 3.41. The van der Waals surface area contributed by atoms with Crippen LogP contribution in [0.3, 0.4) is 0 Å². The molecule has 17 heavy (non-hydrogen) atoms. The second-order valence-electron chi connectivity index (χ2n) is 4.25. The van der Waals surface area contributed by atoms with Crippen molar-refractivity contribution in [3.05, 3.63) is 12.2 Å². The second-order valence-corrected chi connectivity index (χ2v) is 4.25. The van der Waals surface area contributed by atoms with E-state index >= 15 is 0 Å². The van der Waals surface area contributed by atoms with E-state index in [0.717, 1.165) is 18.9 Å². The van der Waals surface area contributed by atoms with E-state index in [-0.39, 0.29) is 12.2 Å². The molecule has 0 aliphatic heterocycles. The number of aromatic nitrogens is 3. The fraction of sp³-hybridized carbons (Fsp3) is 0.818. The third-order valence-electron chi connectivity index (χ3n) is 3.07. The van der Waals surface area contributed by atoms with Gasteiger partial charge in [-0.2, -0.15) is 5.10 Å². The molecule has 3 unspecified atom stereocenters. The van der Waals surface area contributed by atoms with Gasteiger partial charge in [-0.05, 0) is 13.3 Å². The molecule has 1 heterocycles. The maximum Gasteiger partial charge on any atom is 0.164 e. The summed E-state index contributed by atoms with van der Waals surface area (Å²) in [7, 11) is 3.59. The van der Waals surface area contributed by atoms with E-state index in [1.54, 1.807) is 18.1 Å². The molecule has 0 saturated heterocycles. The average molecular weight is 240 g/mol. The Balaban J connectivity index is 1.77. The van der Waals surface area contributed by atoms with Gasteiger partial charge in [-0.3, -0.25) is 4.68 Å². The zero-order chi connectivity index (χ0) is 12.3. The third kappa shape index (κ3) is 2.83. The highest BCUT2D eigenvalue weighted by atomic mass is 16.5. The summed E-state index contributed by atoms with van der Waals surface area (Å²) in [6.07, 6.45) is 3.05.